The summed E-state index contributed by atoms with van der Waals surface area (Å²) in [7, 11) is 0. The monoisotopic (exact) mass is 453 g/mol. The number of fused-ring (bicyclic) bond motifs is 1. The molecule has 0 aromatic carbocycles. The second-order valence-corrected chi connectivity index (χ2v) is 7.67. The third-order valence-corrected chi connectivity index (χ3v) is 6.16. The summed E-state index contributed by atoms with van der Waals surface area (Å²) in [6.45, 7) is 0. The van der Waals surface area contributed by atoms with Gasteiger partial charge < -0.3 is 0 Å². The van der Waals surface area contributed by atoms with Gasteiger partial charge in [0.25, 0.3) is 0 Å². The molecule has 3 nitrogen and oxygen atoms in total. The van der Waals surface area contributed by atoms with E-state index in [-0.39, 0.29) is 17.6 Å². The molecule has 0 bridgehead atoms. The lowest BCUT2D eigenvalue weighted by atomic mass is 9.78. The number of hydrogen-bond donors (Lipinski definition) is 0. The summed E-state index contributed by atoms with van der Waals surface area (Å²) in [5.74, 6) is 0.774. The molecule has 128 valence electrons. The van der Waals surface area contributed by atoms with Crippen LogP contribution >= 0.6 is 31.9 Å². The fraction of sp³-hybridized carbons (Fsp3) is 0.526. The van der Waals surface area contributed by atoms with E-state index in [0.29, 0.717) is 16.6 Å². The van der Waals surface area contributed by atoms with Gasteiger partial charge in [0.1, 0.15) is 6.04 Å². The number of rotatable bonds is 5. The summed E-state index contributed by atoms with van der Waals surface area (Å²) in [5.41, 5.74) is 4.89. The fourth-order valence-corrected chi connectivity index (χ4v) is 4.43. The van der Waals surface area contributed by atoms with E-state index >= 15 is 0 Å². The van der Waals surface area contributed by atoms with E-state index in [1.807, 2.05) is 6.08 Å². The Morgan fingerprint density at radius 3 is 2.46 bits per heavy atom. The van der Waals surface area contributed by atoms with Crippen molar-refractivity contribution in [2.75, 3.05) is 10.7 Å². The third-order valence-electron chi connectivity index (χ3n) is 5.10. The highest BCUT2D eigenvalue weighted by molar-refractivity contribution is 9.09. The van der Waals surface area contributed by atoms with Crippen LogP contribution in [0, 0.1) is 5.92 Å². The van der Waals surface area contributed by atoms with Gasteiger partial charge in [0.05, 0.1) is 10.7 Å². The van der Waals surface area contributed by atoms with Gasteiger partial charge in [-0.3, -0.25) is 14.6 Å². The number of allylic oxidation sites excluding steroid dienone is 6. The van der Waals surface area contributed by atoms with Gasteiger partial charge in [-0.05, 0) is 55.2 Å². The molecule has 0 saturated carbocycles. The lowest BCUT2D eigenvalue weighted by Gasteiger charge is -2.30. The first-order valence-electron chi connectivity index (χ1n) is 8.47. The summed E-state index contributed by atoms with van der Waals surface area (Å²) in [6, 6.07) is -0.139. The molecule has 0 amide bonds. The predicted molar refractivity (Wildman–Crippen MR) is 104 cm³/mol. The van der Waals surface area contributed by atoms with Crippen molar-refractivity contribution in [3.8, 4) is 0 Å². The van der Waals surface area contributed by atoms with Crippen molar-refractivity contribution < 1.29 is 9.59 Å². The minimum atomic E-state index is -0.139. The van der Waals surface area contributed by atoms with E-state index in [1.165, 1.54) is 16.9 Å². The molecule has 24 heavy (non-hydrogen) atoms. The molecule has 0 aromatic heterocycles. The van der Waals surface area contributed by atoms with E-state index < -0.39 is 0 Å². The maximum Gasteiger partial charge on any atom is 0.169 e. The van der Waals surface area contributed by atoms with Crippen LogP contribution in [0.25, 0.3) is 0 Å². The minimum Gasteiger partial charge on any atom is -0.296 e. The molecule has 0 fully saturated rings. The first-order chi connectivity index (χ1) is 11.6. The first-order valence-corrected chi connectivity index (χ1v) is 10.7. The van der Waals surface area contributed by atoms with Crippen LogP contribution in [0.3, 0.4) is 0 Å². The zero-order valence-corrected chi connectivity index (χ0v) is 16.7. The zero-order valence-electron chi connectivity index (χ0n) is 13.6. The van der Waals surface area contributed by atoms with Crippen LogP contribution in [0.15, 0.2) is 39.9 Å². The van der Waals surface area contributed by atoms with Gasteiger partial charge in [0.2, 0.25) is 0 Å². The Balaban J connectivity index is 1.74. The number of Topliss-reactive ketones (excluding diaryl/α,β-unsaturated/α-hetero) is 2. The summed E-state index contributed by atoms with van der Waals surface area (Å²) in [5, 5.41) is 0.801. The fourth-order valence-electron chi connectivity index (χ4n) is 3.70. The molecule has 2 atom stereocenters. The molecule has 0 radical (unpaired) electrons. The number of aliphatic imine (C=N–C) groups is 1. The Morgan fingerprint density at radius 2 is 1.79 bits per heavy atom. The number of hydrogen-bond acceptors (Lipinski definition) is 3. The lowest BCUT2D eigenvalue weighted by molar-refractivity contribution is -0.118. The molecular weight excluding hydrogens is 434 g/mol. The van der Waals surface area contributed by atoms with Gasteiger partial charge in [-0.2, -0.15) is 0 Å². The van der Waals surface area contributed by atoms with Crippen LogP contribution in [0.5, 0.6) is 0 Å². The van der Waals surface area contributed by atoms with Crippen molar-refractivity contribution in [2.24, 2.45) is 10.9 Å². The second kappa shape index (κ2) is 8.05. The summed E-state index contributed by atoms with van der Waals surface area (Å²) in [4.78, 5) is 28.3. The summed E-state index contributed by atoms with van der Waals surface area (Å²) < 4.78 is 0. The van der Waals surface area contributed by atoms with Gasteiger partial charge in [0.15, 0.2) is 11.6 Å². The van der Waals surface area contributed by atoms with Crippen molar-refractivity contribution in [3.63, 3.8) is 0 Å². The Bertz CT molecular complexity index is 673. The quantitative estimate of drug-likeness (QED) is 0.574. The SMILES string of the molecule is O=C(CBr)C1=CC=C(C2=CC3CCC(C(=O)CBr)N=C3CC2)CC1. The summed E-state index contributed by atoms with van der Waals surface area (Å²) in [6.07, 6.45) is 12.1. The van der Waals surface area contributed by atoms with Crippen molar-refractivity contribution >= 4 is 49.1 Å². The first kappa shape index (κ1) is 18.0. The van der Waals surface area contributed by atoms with Gasteiger partial charge >= 0.3 is 0 Å². The average Bonchev–Trinajstić information content (AvgIpc) is 2.66. The van der Waals surface area contributed by atoms with Crippen LogP contribution in [0.1, 0.15) is 38.5 Å². The molecule has 3 aliphatic rings. The second-order valence-electron chi connectivity index (χ2n) is 6.55. The number of nitrogens with zero attached hydrogens (tertiary/aromatic N) is 1. The van der Waals surface area contributed by atoms with Crippen LogP contribution in [-0.2, 0) is 9.59 Å². The molecule has 2 unspecified atom stereocenters. The highest BCUT2D eigenvalue weighted by atomic mass is 79.9. The molecule has 0 saturated heterocycles. The zero-order chi connectivity index (χ0) is 17.1. The van der Waals surface area contributed by atoms with E-state index in [9.17, 15) is 9.59 Å². The Morgan fingerprint density at radius 1 is 1.00 bits per heavy atom. The summed E-state index contributed by atoms with van der Waals surface area (Å²) >= 11 is 6.49. The normalized spacial score (nSPS) is 26.6. The molecule has 1 aliphatic heterocycles. The molecule has 5 heteroatoms. The minimum absolute atomic E-state index is 0.139. The molecule has 3 rings (SSSR count). The maximum absolute atomic E-state index is 11.8. The van der Waals surface area contributed by atoms with Crippen molar-refractivity contribution in [3.05, 3.63) is 34.9 Å². The van der Waals surface area contributed by atoms with Gasteiger partial charge in [0, 0.05) is 11.6 Å². The van der Waals surface area contributed by atoms with Crippen LogP contribution < -0.4 is 0 Å². The standard InChI is InChI=1S/C19H21Br2NO2/c20-10-18(23)13-3-1-12(2-4-13)14-5-7-16-15(9-14)6-8-17(22-16)19(24)11-21/h1,3,9,15,17H,2,4-8,10-11H2. The Kier molecular flexibility index (Phi) is 6.03. The van der Waals surface area contributed by atoms with Crippen LogP contribution in [0.4, 0.5) is 0 Å². The van der Waals surface area contributed by atoms with Gasteiger partial charge in [-0.15, -0.1) is 0 Å². The molecule has 2 aliphatic carbocycles. The average molecular weight is 455 g/mol. The smallest absolute Gasteiger partial charge is 0.169 e. The molecule has 1 heterocycles. The molecule has 0 spiro atoms. The van der Waals surface area contributed by atoms with E-state index in [2.05, 4.69) is 44.0 Å². The van der Waals surface area contributed by atoms with Crippen LogP contribution in [-0.4, -0.2) is 34.0 Å². The lowest BCUT2D eigenvalue weighted by Crippen LogP contribution is -2.31. The number of carbonyl (C=O) groups is 2. The van der Waals surface area contributed by atoms with E-state index in [4.69, 9.17) is 4.99 Å². The molecule has 0 aromatic rings. The highest BCUT2D eigenvalue weighted by Crippen LogP contribution is 2.35. The van der Waals surface area contributed by atoms with Crippen molar-refractivity contribution in [2.45, 2.75) is 44.6 Å². The van der Waals surface area contributed by atoms with E-state index in [1.54, 1.807) is 0 Å². The predicted octanol–water partition coefficient (Wildman–Crippen LogP) is 4.50. The Labute approximate surface area is 159 Å². The number of halogens is 2. The highest BCUT2D eigenvalue weighted by Gasteiger charge is 2.30. The van der Waals surface area contributed by atoms with Crippen LogP contribution in [0.2, 0.25) is 0 Å². The van der Waals surface area contributed by atoms with E-state index in [0.717, 1.165) is 44.1 Å². The van der Waals surface area contributed by atoms with Gasteiger partial charge in [-0.1, -0.05) is 50.1 Å². The Hall–Kier alpha value is -0.810. The number of carbonyl (C=O) groups excluding carboxylic acids is 2. The third kappa shape index (κ3) is 3.88. The number of alkyl halides is 2. The largest absolute Gasteiger partial charge is 0.296 e. The molecule has 0 N–H and O–H groups in total. The number of ketones is 2. The van der Waals surface area contributed by atoms with Gasteiger partial charge in [-0.25, -0.2) is 0 Å². The van der Waals surface area contributed by atoms with Crippen molar-refractivity contribution in [1.82, 2.24) is 0 Å². The van der Waals surface area contributed by atoms with Crippen molar-refractivity contribution in [1.29, 1.82) is 0 Å². The topological polar surface area (TPSA) is 46.5 Å². The molecular formula is C19H21Br2NO2. The maximum atomic E-state index is 11.8.